The third kappa shape index (κ3) is 3.80. The molecule has 0 aliphatic heterocycles. The third-order valence-corrected chi connectivity index (χ3v) is 9.54. The van der Waals surface area contributed by atoms with Crippen LogP contribution in [0.25, 0.3) is 11.3 Å². The summed E-state index contributed by atoms with van der Waals surface area (Å²) in [6.07, 6.45) is 1.55. The molecule has 3 saturated carbocycles. The second-order valence-electron chi connectivity index (χ2n) is 12.5. The molecule has 0 radical (unpaired) electrons. The van der Waals surface area contributed by atoms with Crippen LogP contribution >= 0.6 is 0 Å². The average Bonchev–Trinajstić information content (AvgIpc) is 3.62. The Labute approximate surface area is 246 Å². The molecule has 43 heavy (non-hydrogen) atoms. The lowest BCUT2D eigenvalue weighted by Crippen LogP contribution is -2.85. The van der Waals surface area contributed by atoms with Gasteiger partial charge in [0, 0.05) is 17.1 Å². The first-order chi connectivity index (χ1) is 20.2. The van der Waals surface area contributed by atoms with Gasteiger partial charge in [0.05, 0.1) is 29.8 Å². The van der Waals surface area contributed by atoms with E-state index in [1.807, 2.05) is 0 Å². The number of likely N-dealkylation sites (N-methyl/N-ethyl adjacent to an activating group) is 1. The summed E-state index contributed by atoms with van der Waals surface area (Å²) < 4.78 is 6.06. The molecule has 13 heteroatoms. The normalized spacial score (nSPS) is 33.5. The van der Waals surface area contributed by atoms with Crippen molar-refractivity contribution in [2.24, 2.45) is 34.5 Å². The number of carbonyl (C=O) groups is 5. The smallest absolute Gasteiger partial charge is 0.235 e. The van der Waals surface area contributed by atoms with E-state index in [4.69, 9.17) is 21.6 Å². The Kier molecular flexibility index (Phi) is 6.31. The highest BCUT2D eigenvalue weighted by molar-refractivity contribution is 6.33. The van der Waals surface area contributed by atoms with Gasteiger partial charge in [0.1, 0.15) is 23.2 Å². The van der Waals surface area contributed by atoms with Gasteiger partial charge in [-0.2, -0.15) is 5.26 Å². The molecule has 1 aromatic carbocycles. The number of phenolic OH excluding ortho intramolecular Hbond substituents is 1. The number of nitrogens with one attached hydrogen (secondary N) is 1. The minimum Gasteiger partial charge on any atom is -0.507 e. The monoisotopic (exact) mass is 588 g/mol. The highest BCUT2D eigenvalue weighted by atomic mass is 16.3. The zero-order valence-corrected chi connectivity index (χ0v) is 23.7. The molecule has 4 aliphatic carbocycles. The molecule has 13 nitrogen and oxygen atoms in total. The maximum Gasteiger partial charge on any atom is 0.235 e. The van der Waals surface area contributed by atoms with Crippen molar-refractivity contribution in [2.75, 3.05) is 14.1 Å². The quantitative estimate of drug-likeness (QED) is 0.264. The lowest BCUT2D eigenvalue weighted by molar-refractivity contribution is -0.166. The molecular formula is C30H32N6O7. The molecule has 8 N–H and O–H groups in total. The molecule has 2 unspecified atom stereocenters. The number of furan rings is 1. The van der Waals surface area contributed by atoms with E-state index in [1.54, 1.807) is 24.3 Å². The Morgan fingerprint density at radius 3 is 2.44 bits per heavy atom. The number of rotatable bonds is 6. The van der Waals surface area contributed by atoms with Crippen LogP contribution in [0.1, 0.15) is 40.9 Å². The summed E-state index contributed by atoms with van der Waals surface area (Å²) >= 11 is 0. The molecule has 4 aliphatic rings. The standard InChI is InChI=1S/C30H32N6O7/c1-36(2)24-23(39)20(27(32)42)25(40)29(12-31)26(41)21-22(38)19-16(9-28(21,33)11-30(24,29)34)15(6-7-17(19)37)18-8-5-14(43-18)10-35-13-3-4-13/h5-8,13,20-21,24,35,37H,3-4,9-11,33-34H2,1-2H3,(H2,32,42)/t20?,21?,24-,28-,29+,30-/m1/s1. The maximum atomic E-state index is 14.4. The highest BCUT2D eigenvalue weighted by Gasteiger charge is 2.78. The van der Waals surface area contributed by atoms with Gasteiger partial charge in [-0.3, -0.25) is 28.9 Å². The lowest BCUT2D eigenvalue weighted by Gasteiger charge is -2.60. The van der Waals surface area contributed by atoms with Crippen LogP contribution < -0.4 is 22.5 Å². The lowest BCUT2D eigenvalue weighted by atomic mass is 9.42. The van der Waals surface area contributed by atoms with Crippen LogP contribution in [0.15, 0.2) is 28.7 Å². The van der Waals surface area contributed by atoms with Gasteiger partial charge < -0.3 is 32.0 Å². The van der Waals surface area contributed by atoms with Crippen LogP contribution in [0, 0.1) is 28.6 Å². The summed E-state index contributed by atoms with van der Waals surface area (Å²) in [6.45, 7) is 0.507. The highest BCUT2D eigenvalue weighted by Crippen LogP contribution is 2.57. The summed E-state index contributed by atoms with van der Waals surface area (Å²) in [5.74, 6) is -8.99. The number of amides is 1. The van der Waals surface area contributed by atoms with Crippen LogP contribution in [0.3, 0.4) is 0 Å². The molecule has 6 atom stereocenters. The number of benzene rings is 1. The largest absolute Gasteiger partial charge is 0.507 e. The molecule has 0 bridgehead atoms. The van der Waals surface area contributed by atoms with Crippen molar-refractivity contribution in [1.29, 1.82) is 5.26 Å². The van der Waals surface area contributed by atoms with E-state index in [1.165, 1.54) is 25.1 Å². The predicted molar refractivity (Wildman–Crippen MR) is 149 cm³/mol. The van der Waals surface area contributed by atoms with Gasteiger partial charge >= 0.3 is 0 Å². The van der Waals surface area contributed by atoms with E-state index >= 15 is 0 Å². The van der Waals surface area contributed by atoms with Crippen LogP contribution in [0.4, 0.5) is 0 Å². The minimum absolute atomic E-state index is 0.174. The summed E-state index contributed by atoms with van der Waals surface area (Å²) in [6, 6.07) is 7.11. The fourth-order valence-electron chi connectivity index (χ4n) is 7.59. The van der Waals surface area contributed by atoms with E-state index in [0.29, 0.717) is 35.2 Å². The number of nitrogens with zero attached hydrogens (tertiary/aromatic N) is 2. The Bertz CT molecular complexity index is 1670. The number of fused-ring (bicyclic) bond motifs is 3. The van der Waals surface area contributed by atoms with Crippen LogP contribution in [-0.4, -0.2) is 76.3 Å². The minimum atomic E-state index is -2.78. The number of carbonyl (C=O) groups excluding carboxylic acids is 5. The fourth-order valence-corrected chi connectivity index (χ4v) is 7.59. The first-order valence-electron chi connectivity index (χ1n) is 14.0. The van der Waals surface area contributed by atoms with Gasteiger partial charge in [0.15, 0.2) is 34.5 Å². The van der Waals surface area contributed by atoms with Gasteiger partial charge in [0.2, 0.25) is 5.91 Å². The van der Waals surface area contributed by atoms with Crippen molar-refractivity contribution in [3.05, 3.63) is 41.2 Å². The van der Waals surface area contributed by atoms with Gasteiger partial charge in [0.25, 0.3) is 0 Å². The SMILES string of the molecule is CN(C)[C@@H]1C(=O)C(C(N)=O)C(=O)[C@@]2(C#N)C(=O)C3C(=O)c4c(O)ccc(-c5ccc(CNC6CC6)o5)c4C[C@@]3(N)C[C@@]12N. The Morgan fingerprint density at radius 1 is 1.14 bits per heavy atom. The number of phenols is 1. The molecule has 224 valence electrons. The molecule has 3 fully saturated rings. The van der Waals surface area contributed by atoms with Crippen molar-refractivity contribution >= 4 is 29.0 Å². The molecule has 0 saturated heterocycles. The molecule has 0 spiro atoms. The first kappa shape index (κ1) is 28.9. The predicted octanol–water partition coefficient (Wildman–Crippen LogP) is -0.680. The van der Waals surface area contributed by atoms with Crippen LogP contribution in [0.5, 0.6) is 5.75 Å². The van der Waals surface area contributed by atoms with Gasteiger partial charge in [-0.1, -0.05) is 0 Å². The number of aromatic hydroxyl groups is 1. The third-order valence-electron chi connectivity index (χ3n) is 9.54. The van der Waals surface area contributed by atoms with Crippen molar-refractivity contribution in [3.63, 3.8) is 0 Å². The van der Waals surface area contributed by atoms with E-state index < -0.39 is 75.6 Å². The van der Waals surface area contributed by atoms with Crippen molar-refractivity contribution < 1.29 is 33.5 Å². The summed E-state index contributed by atoms with van der Waals surface area (Å²) in [4.78, 5) is 69.6. The van der Waals surface area contributed by atoms with Crippen molar-refractivity contribution in [1.82, 2.24) is 10.2 Å². The van der Waals surface area contributed by atoms with Gasteiger partial charge in [-0.25, -0.2) is 0 Å². The second-order valence-corrected chi connectivity index (χ2v) is 12.5. The van der Waals surface area contributed by atoms with Crippen LogP contribution in [-0.2, 0) is 32.1 Å². The molecule has 1 amide bonds. The topological polar surface area (TPSA) is 236 Å². The van der Waals surface area contributed by atoms with E-state index in [9.17, 15) is 34.3 Å². The average molecular weight is 589 g/mol. The zero-order chi connectivity index (χ0) is 31.2. The number of nitriles is 1. The second kappa shape index (κ2) is 9.39. The van der Waals surface area contributed by atoms with E-state index in [2.05, 4.69) is 5.32 Å². The number of ketones is 4. The molecular weight excluding hydrogens is 556 g/mol. The summed E-state index contributed by atoms with van der Waals surface area (Å²) in [5, 5.41) is 24.7. The van der Waals surface area contributed by atoms with Gasteiger partial charge in [-0.15, -0.1) is 0 Å². The number of hydrogen-bond acceptors (Lipinski definition) is 12. The Hall–Kier alpha value is -4.22. The van der Waals surface area contributed by atoms with E-state index in [-0.39, 0.29) is 12.0 Å². The zero-order valence-electron chi connectivity index (χ0n) is 23.7. The van der Waals surface area contributed by atoms with Crippen LogP contribution in [0.2, 0.25) is 0 Å². The number of primary amides is 1. The Morgan fingerprint density at radius 2 is 1.84 bits per heavy atom. The van der Waals surface area contributed by atoms with E-state index in [0.717, 1.165) is 12.8 Å². The summed E-state index contributed by atoms with van der Waals surface area (Å²) in [5.41, 5.74) is 13.0. The van der Waals surface area contributed by atoms with Gasteiger partial charge in [-0.05, 0) is 69.6 Å². The number of Topliss-reactive ketones (excluding diaryl/α,β-unsaturated/α-hetero) is 4. The Balaban J connectivity index is 1.50. The first-order valence-corrected chi connectivity index (χ1v) is 14.0. The molecule has 1 heterocycles. The number of nitrogens with two attached hydrogens (primary N) is 3. The molecule has 2 aromatic rings. The summed E-state index contributed by atoms with van der Waals surface area (Å²) in [7, 11) is 2.91. The number of hydrogen-bond donors (Lipinski definition) is 5. The van der Waals surface area contributed by atoms with Crippen molar-refractivity contribution in [3.8, 4) is 23.1 Å². The molecule has 6 rings (SSSR count). The maximum absolute atomic E-state index is 14.4. The fraction of sp³-hybridized carbons (Fsp3) is 0.467. The van der Waals surface area contributed by atoms with Crippen molar-refractivity contribution in [2.45, 2.75) is 55.4 Å². The molecule has 1 aromatic heterocycles.